The molecule has 0 aliphatic rings. The number of aromatic nitrogens is 4. The highest BCUT2D eigenvalue weighted by molar-refractivity contribution is 7.99. The van der Waals surface area contributed by atoms with E-state index >= 15 is 0 Å². The van der Waals surface area contributed by atoms with Gasteiger partial charge in [0.1, 0.15) is 5.82 Å². The van der Waals surface area contributed by atoms with Crippen LogP contribution in [0.1, 0.15) is 25.2 Å². The molecule has 116 valence electrons. The molecule has 6 heteroatoms. The van der Waals surface area contributed by atoms with Crippen molar-refractivity contribution in [1.29, 1.82) is 0 Å². The minimum atomic E-state index is -0.201. The molecule has 0 amide bonds. The lowest BCUT2D eigenvalue weighted by Gasteiger charge is -2.03. The summed E-state index contributed by atoms with van der Waals surface area (Å²) in [6, 6.07) is 8.40. The van der Waals surface area contributed by atoms with Crippen molar-refractivity contribution in [2.45, 2.75) is 36.5 Å². The highest BCUT2D eigenvalue weighted by atomic mass is 32.2. The van der Waals surface area contributed by atoms with Crippen molar-refractivity contribution in [2.75, 3.05) is 0 Å². The molecule has 3 rings (SSSR count). The lowest BCUT2D eigenvalue weighted by atomic mass is 10.2. The van der Waals surface area contributed by atoms with E-state index < -0.39 is 0 Å². The van der Waals surface area contributed by atoms with Crippen LogP contribution in [0.15, 0.2) is 52.5 Å². The normalized spacial score (nSPS) is 10.1. The van der Waals surface area contributed by atoms with E-state index in [4.69, 9.17) is 0 Å². The van der Waals surface area contributed by atoms with Crippen LogP contribution in [-0.4, -0.2) is 20.4 Å². The molecule has 3 aromatic rings. The highest BCUT2D eigenvalue weighted by Crippen LogP contribution is 2.32. The van der Waals surface area contributed by atoms with Gasteiger partial charge in [0.2, 0.25) is 0 Å². The predicted molar refractivity (Wildman–Crippen MR) is 86.5 cm³/mol. The van der Waals surface area contributed by atoms with E-state index in [-0.39, 0.29) is 5.82 Å². The zero-order valence-corrected chi connectivity index (χ0v) is 13.5. The van der Waals surface area contributed by atoms with Gasteiger partial charge < -0.3 is 0 Å². The number of nitrogens with one attached hydrogen (secondary N) is 2. The standard InChI is InChI=1S/C13H15FN2S.C3H4N2/c1-3-11-13(12(4-2)16-15-11)17-10-7-5-9(14)6-8-10;1-2-4-5-3-1/h5-8H,3-4H2,1-2H3,(H,15,16);1-3H,(H,4,5). The molecule has 0 spiro atoms. The number of rotatable bonds is 4. The summed E-state index contributed by atoms with van der Waals surface area (Å²) in [5.74, 6) is -0.201. The lowest BCUT2D eigenvalue weighted by Crippen LogP contribution is -1.86. The van der Waals surface area contributed by atoms with Crippen molar-refractivity contribution in [3.63, 3.8) is 0 Å². The van der Waals surface area contributed by atoms with Gasteiger partial charge in [-0.2, -0.15) is 10.2 Å². The number of nitrogens with zero attached hydrogens (tertiary/aromatic N) is 2. The first-order chi connectivity index (χ1) is 10.7. The molecule has 0 saturated carbocycles. The first-order valence-corrected chi connectivity index (χ1v) is 7.99. The van der Waals surface area contributed by atoms with Gasteiger partial charge in [0.25, 0.3) is 0 Å². The molecule has 0 atom stereocenters. The van der Waals surface area contributed by atoms with Crippen molar-refractivity contribution in [3.05, 3.63) is 59.9 Å². The maximum Gasteiger partial charge on any atom is 0.123 e. The largest absolute Gasteiger partial charge is 0.286 e. The SMILES string of the molecule is CCc1n[nH]c(CC)c1Sc1ccc(F)cc1.c1cn[nH]c1. The van der Waals surface area contributed by atoms with Gasteiger partial charge >= 0.3 is 0 Å². The molecule has 2 N–H and O–H groups in total. The summed E-state index contributed by atoms with van der Waals surface area (Å²) in [5, 5.41) is 13.6. The molecule has 22 heavy (non-hydrogen) atoms. The predicted octanol–water partition coefficient (Wildman–Crippen LogP) is 4.23. The fraction of sp³-hybridized carbons (Fsp3) is 0.250. The molecule has 4 nitrogen and oxygen atoms in total. The summed E-state index contributed by atoms with van der Waals surface area (Å²) in [6.07, 6.45) is 5.29. The highest BCUT2D eigenvalue weighted by Gasteiger charge is 2.11. The number of hydrogen-bond acceptors (Lipinski definition) is 3. The van der Waals surface area contributed by atoms with E-state index in [1.807, 2.05) is 6.07 Å². The number of benzene rings is 1. The van der Waals surface area contributed by atoms with Gasteiger partial charge in [0.15, 0.2) is 0 Å². The topological polar surface area (TPSA) is 57.4 Å². The van der Waals surface area contributed by atoms with E-state index in [9.17, 15) is 4.39 Å². The van der Waals surface area contributed by atoms with Gasteiger partial charge in [-0.25, -0.2) is 4.39 Å². The van der Waals surface area contributed by atoms with Crippen molar-refractivity contribution < 1.29 is 4.39 Å². The molecule has 2 heterocycles. The Morgan fingerprint density at radius 2 is 1.91 bits per heavy atom. The quantitative estimate of drug-likeness (QED) is 0.756. The molecular formula is C16H19FN4S. The zero-order chi connectivity index (χ0) is 15.8. The van der Waals surface area contributed by atoms with E-state index in [0.29, 0.717) is 0 Å². The first kappa shape index (κ1) is 16.3. The Hall–Kier alpha value is -2.08. The lowest BCUT2D eigenvalue weighted by molar-refractivity contribution is 0.626. The summed E-state index contributed by atoms with van der Waals surface area (Å²) in [4.78, 5) is 2.22. The Morgan fingerprint density at radius 3 is 2.41 bits per heavy atom. The zero-order valence-electron chi connectivity index (χ0n) is 12.6. The summed E-state index contributed by atoms with van der Waals surface area (Å²) >= 11 is 1.64. The monoisotopic (exact) mass is 318 g/mol. The van der Waals surface area contributed by atoms with Crippen LogP contribution in [0.3, 0.4) is 0 Å². The second-order valence-electron chi connectivity index (χ2n) is 4.51. The second-order valence-corrected chi connectivity index (χ2v) is 5.59. The molecule has 0 saturated heterocycles. The number of halogens is 1. The van der Waals surface area contributed by atoms with E-state index in [0.717, 1.165) is 29.1 Å². The molecule has 0 fully saturated rings. The van der Waals surface area contributed by atoms with Gasteiger partial charge in [-0.3, -0.25) is 10.2 Å². The summed E-state index contributed by atoms with van der Waals surface area (Å²) in [6.45, 7) is 4.19. The first-order valence-electron chi connectivity index (χ1n) is 7.17. The van der Waals surface area contributed by atoms with Crippen LogP contribution >= 0.6 is 11.8 Å². The van der Waals surface area contributed by atoms with Gasteiger partial charge in [0.05, 0.1) is 10.6 Å². The van der Waals surface area contributed by atoms with Crippen LogP contribution in [0.2, 0.25) is 0 Å². The van der Waals surface area contributed by atoms with Crippen LogP contribution in [0.25, 0.3) is 0 Å². The number of aromatic amines is 2. The third-order valence-electron chi connectivity index (χ3n) is 2.99. The Labute approximate surface area is 133 Å². The van der Waals surface area contributed by atoms with Crippen molar-refractivity contribution >= 4 is 11.8 Å². The van der Waals surface area contributed by atoms with E-state index in [2.05, 4.69) is 34.2 Å². The summed E-state index contributed by atoms with van der Waals surface area (Å²) in [5.41, 5.74) is 2.23. The third-order valence-corrected chi connectivity index (χ3v) is 4.18. The molecule has 0 bridgehead atoms. The Bertz CT molecular complexity index is 623. The van der Waals surface area contributed by atoms with Gasteiger partial charge in [-0.15, -0.1) is 0 Å². The minimum absolute atomic E-state index is 0.201. The van der Waals surface area contributed by atoms with Crippen LogP contribution < -0.4 is 0 Å². The average molecular weight is 318 g/mol. The maximum absolute atomic E-state index is 12.8. The Balaban J connectivity index is 0.000000299. The molecule has 0 aliphatic heterocycles. The van der Waals surface area contributed by atoms with Crippen molar-refractivity contribution in [1.82, 2.24) is 20.4 Å². The van der Waals surface area contributed by atoms with Gasteiger partial charge in [-0.1, -0.05) is 25.6 Å². The van der Waals surface area contributed by atoms with Crippen LogP contribution in [0, 0.1) is 5.82 Å². The number of hydrogen-bond donors (Lipinski definition) is 2. The molecule has 0 aliphatic carbocycles. The smallest absolute Gasteiger partial charge is 0.123 e. The van der Waals surface area contributed by atoms with Crippen LogP contribution in [0.4, 0.5) is 4.39 Å². The summed E-state index contributed by atoms with van der Waals surface area (Å²) in [7, 11) is 0. The second kappa shape index (κ2) is 8.38. The number of aryl methyl sites for hydroxylation is 2. The molecular weight excluding hydrogens is 299 g/mol. The molecule has 1 aromatic carbocycles. The molecule has 2 aromatic heterocycles. The fourth-order valence-corrected chi connectivity index (χ4v) is 2.97. The molecule has 0 unspecified atom stereocenters. The van der Waals surface area contributed by atoms with Crippen molar-refractivity contribution in [3.8, 4) is 0 Å². The third kappa shape index (κ3) is 4.46. The van der Waals surface area contributed by atoms with Gasteiger partial charge in [-0.05, 0) is 43.2 Å². The van der Waals surface area contributed by atoms with Crippen LogP contribution in [0.5, 0.6) is 0 Å². The summed E-state index contributed by atoms with van der Waals surface area (Å²) < 4.78 is 12.8. The van der Waals surface area contributed by atoms with Crippen LogP contribution in [-0.2, 0) is 12.8 Å². The van der Waals surface area contributed by atoms with Gasteiger partial charge in [0, 0.05) is 23.0 Å². The average Bonchev–Trinajstić information content (AvgIpc) is 3.22. The van der Waals surface area contributed by atoms with E-state index in [1.54, 1.807) is 36.3 Å². The minimum Gasteiger partial charge on any atom is -0.286 e. The number of H-pyrrole nitrogens is 2. The molecule has 0 radical (unpaired) electrons. The Morgan fingerprint density at radius 1 is 1.14 bits per heavy atom. The fourth-order valence-electron chi connectivity index (χ4n) is 1.85. The van der Waals surface area contributed by atoms with E-state index in [1.165, 1.54) is 17.0 Å². The maximum atomic E-state index is 12.8. The van der Waals surface area contributed by atoms with Crippen molar-refractivity contribution in [2.24, 2.45) is 0 Å². The Kier molecular flexibility index (Phi) is 6.21.